The van der Waals surface area contributed by atoms with Crippen LogP contribution in [-0.2, 0) is 0 Å². The summed E-state index contributed by atoms with van der Waals surface area (Å²) in [4.78, 5) is 4.25. The molecule has 0 radical (unpaired) electrons. The number of aromatic nitrogens is 2. The first kappa shape index (κ1) is 11.6. The molecule has 1 heterocycles. The molecule has 0 bridgehead atoms. The second-order valence-electron chi connectivity index (χ2n) is 4.35. The molecular formula is C13H16FN3. The van der Waals surface area contributed by atoms with Crippen LogP contribution in [0, 0.1) is 12.7 Å². The molecule has 0 aliphatic heterocycles. The minimum atomic E-state index is -0.218. The zero-order valence-corrected chi connectivity index (χ0v) is 10.2. The molecule has 1 aromatic heterocycles. The topological polar surface area (TPSA) is 29.9 Å². The van der Waals surface area contributed by atoms with E-state index in [2.05, 4.69) is 24.1 Å². The lowest BCUT2D eigenvalue weighted by molar-refractivity contribution is 0.626. The standard InChI is InChI=1S/C13H16FN3/c1-9(2)16-13-15-6-7-17(13)12-5-4-11(14)8-10(12)3/h4-9H,1-3H3,(H,15,16). The first-order valence-corrected chi connectivity index (χ1v) is 5.64. The lowest BCUT2D eigenvalue weighted by Gasteiger charge is -2.14. The van der Waals surface area contributed by atoms with Gasteiger partial charge in [-0.3, -0.25) is 4.57 Å². The molecule has 0 aliphatic rings. The van der Waals surface area contributed by atoms with E-state index in [4.69, 9.17) is 0 Å². The average molecular weight is 233 g/mol. The molecule has 0 atom stereocenters. The van der Waals surface area contributed by atoms with E-state index in [1.54, 1.807) is 12.3 Å². The SMILES string of the molecule is Cc1cc(F)ccc1-n1ccnc1NC(C)C. The van der Waals surface area contributed by atoms with E-state index < -0.39 is 0 Å². The quantitative estimate of drug-likeness (QED) is 0.882. The van der Waals surface area contributed by atoms with Crippen LogP contribution >= 0.6 is 0 Å². The molecule has 17 heavy (non-hydrogen) atoms. The van der Waals surface area contributed by atoms with E-state index in [0.29, 0.717) is 6.04 Å². The van der Waals surface area contributed by atoms with Crippen molar-refractivity contribution in [2.75, 3.05) is 5.32 Å². The highest BCUT2D eigenvalue weighted by atomic mass is 19.1. The number of hydrogen-bond donors (Lipinski definition) is 1. The van der Waals surface area contributed by atoms with Gasteiger partial charge in [-0.05, 0) is 44.5 Å². The zero-order valence-electron chi connectivity index (χ0n) is 10.2. The highest BCUT2D eigenvalue weighted by molar-refractivity contribution is 5.47. The Morgan fingerprint density at radius 3 is 2.76 bits per heavy atom. The molecular weight excluding hydrogens is 217 g/mol. The summed E-state index contributed by atoms with van der Waals surface area (Å²) >= 11 is 0. The maximum Gasteiger partial charge on any atom is 0.207 e. The first-order valence-electron chi connectivity index (χ1n) is 5.64. The van der Waals surface area contributed by atoms with Crippen LogP contribution in [0.1, 0.15) is 19.4 Å². The Balaban J connectivity index is 2.42. The number of aryl methyl sites for hydroxylation is 1. The fraction of sp³-hybridized carbons (Fsp3) is 0.308. The lowest BCUT2D eigenvalue weighted by Crippen LogP contribution is -2.14. The van der Waals surface area contributed by atoms with Crippen molar-refractivity contribution >= 4 is 5.95 Å². The molecule has 0 fully saturated rings. The van der Waals surface area contributed by atoms with Crippen molar-refractivity contribution in [3.63, 3.8) is 0 Å². The second kappa shape index (κ2) is 4.57. The molecule has 0 aliphatic carbocycles. The number of nitrogens with zero attached hydrogens (tertiary/aromatic N) is 2. The summed E-state index contributed by atoms with van der Waals surface area (Å²) in [6.07, 6.45) is 3.60. The van der Waals surface area contributed by atoms with Gasteiger partial charge in [-0.15, -0.1) is 0 Å². The molecule has 3 nitrogen and oxygen atoms in total. The molecule has 1 N–H and O–H groups in total. The summed E-state index contributed by atoms with van der Waals surface area (Å²) < 4.78 is 15.0. The number of halogens is 1. The van der Waals surface area contributed by atoms with Crippen LogP contribution in [0.15, 0.2) is 30.6 Å². The van der Waals surface area contributed by atoms with Gasteiger partial charge in [0.05, 0.1) is 5.69 Å². The number of imidazole rings is 1. The molecule has 0 amide bonds. The van der Waals surface area contributed by atoms with Crippen LogP contribution in [0.4, 0.5) is 10.3 Å². The Morgan fingerprint density at radius 2 is 2.12 bits per heavy atom. The molecule has 0 unspecified atom stereocenters. The minimum Gasteiger partial charge on any atom is -0.353 e. The van der Waals surface area contributed by atoms with Crippen molar-refractivity contribution in [2.24, 2.45) is 0 Å². The molecule has 2 rings (SSSR count). The van der Waals surface area contributed by atoms with E-state index in [9.17, 15) is 4.39 Å². The summed E-state index contributed by atoms with van der Waals surface area (Å²) in [7, 11) is 0. The summed E-state index contributed by atoms with van der Waals surface area (Å²) in [6, 6.07) is 5.05. The van der Waals surface area contributed by atoms with Crippen molar-refractivity contribution in [1.29, 1.82) is 0 Å². The highest BCUT2D eigenvalue weighted by Crippen LogP contribution is 2.19. The van der Waals surface area contributed by atoms with Gasteiger partial charge in [0.15, 0.2) is 0 Å². The first-order chi connectivity index (χ1) is 8.08. The lowest BCUT2D eigenvalue weighted by atomic mass is 10.2. The predicted octanol–water partition coefficient (Wildman–Crippen LogP) is 3.14. The number of rotatable bonds is 3. The third-order valence-electron chi connectivity index (χ3n) is 2.48. The van der Waals surface area contributed by atoms with Gasteiger partial charge in [-0.1, -0.05) is 0 Å². The predicted molar refractivity (Wildman–Crippen MR) is 67.0 cm³/mol. The van der Waals surface area contributed by atoms with Crippen molar-refractivity contribution in [1.82, 2.24) is 9.55 Å². The Bertz CT molecular complexity index is 517. The van der Waals surface area contributed by atoms with E-state index in [-0.39, 0.29) is 5.82 Å². The fourth-order valence-corrected chi connectivity index (χ4v) is 1.75. The molecule has 0 saturated carbocycles. The maximum atomic E-state index is 13.1. The zero-order chi connectivity index (χ0) is 12.4. The van der Waals surface area contributed by atoms with Gasteiger partial charge in [0, 0.05) is 18.4 Å². The van der Waals surface area contributed by atoms with Crippen LogP contribution in [-0.4, -0.2) is 15.6 Å². The molecule has 90 valence electrons. The van der Waals surface area contributed by atoms with Gasteiger partial charge in [-0.2, -0.15) is 0 Å². The molecule has 0 saturated heterocycles. The largest absolute Gasteiger partial charge is 0.353 e. The Morgan fingerprint density at radius 1 is 1.35 bits per heavy atom. The Labute approximate surface area is 100 Å². The molecule has 2 aromatic rings. The number of hydrogen-bond acceptors (Lipinski definition) is 2. The Kier molecular flexibility index (Phi) is 3.13. The van der Waals surface area contributed by atoms with Crippen molar-refractivity contribution in [3.8, 4) is 5.69 Å². The molecule has 0 spiro atoms. The van der Waals surface area contributed by atoms with Crippen molar-refractivity contribution in [2.45, 2.75) is 26.8 Å². The summed E-state index contributed by atoms with van der Waals surface area (Å²) in [6.45, 7) is 5.99. The third kappa shape index (κ3) is 2.46. The number of benzene rings is 1. The normalized spacial score (nSPS) is 10.9. The summed E-state index contributed by atoms with van der Waals surface area (Å²) in [5.74, 6) is 0.555. The van der Waals surface area contributed by atoms with E-state index in [1.807, 2.05) is 17.7 Å². The van der Waals surface area contributed by atoms with Gasteiger partial charge >= 0.3 is 0 Å². The second-order valence-corrected chi connectivity index (χ2v) is 4.35. The number of anilines is 1. The van der Waals surface area contributed by atoms with Crippen LogP contribution in [0.2, 0.25) is 0 Å². The van der Waals surface area contributed by atoms with Gasteiger partial charge in [0.1, 0.15) is 5.82 Å². The fourth-order valence-electron chi connectivity index (χ4n) is 1.75. The van der Waals surface area contributed by atoms with Crippen LogP contribution in [0.25, 0.3) is 5.69 Å². The van der Waals surface area contributed by atoms with Crippen LogP contribution in [0.5, 0.6) is 0 Å². The molecule has 4 heteroatoms. The number of nitrogens with one attached hydrogen (secondary N) is 1. The van der Waals surface area contributed by atoms with Crippen LogP contribution < -0.4 is 5.32 Å². The minimum absolute atomic E-state index is 0.218. The van der Waals surface area contributed by atoms with E-state index in [0.717, 1.165) is 17.2 Å². The highest BCUT2D eigenvalue weighted by Gasteiger charge is 2.08. The molecule has 1 aromatic carbocycles. The van der Waals surface area contributed by atoms with Gasteiger partial charge in [0.25, 0.3) is 0 Å². The van der Waals surface area contributed by atoms with E-state index in [1.165, 1.54) is 12.1 Å². The van der Waals surface area contributed by atoms with Crippen molar-refractivity contribution in [3.05, 3.63) is 42.0 Å². The summed E-state index contributed by atoms with van der Waals surface area (Å²) in [5.41, 5.74) is 1.82. The Hall–Kier alpha value is -1.84. The van der Waals surface area contributed by atoms with Gasteiger partial charge in [0.2, 0.25) is 5.95 Å². The maximum absolute atomic E-state index is 13.1. The van der Waals surface area contributed by atoms with Gasteiger partial charge < -0.3 is 5.32 Å². The smallest absolute Gasteiger partial charge is 0.207 e. The monoisotopic (exact) mass is 233 g/mol. The van der Waals surface area contributed by atoms with Gasteiger partial charge in [-0.25, -0.2) is 9.37 Å². The summed E-state index contributed by atoms with van der Waals surface area (Å²) in [5, 5.41) is 3.25. The van der Waals surface area contributed by atoms with Crippen LogP contribution in [0.3, 0.4) is 0 Å². The average Bonchev–Trinajstić information content (AvgIpc) is 2.65. The third-order valence-corrected chi connectivity index (χ3v) is 2.48. The van der Waals surface area contributed by atoms with Crippen molar-refractivity contribution < 1.29 is 4.39 Å². The van der Waals surface area contributed by atoms with E-state index >= 15 is 0 Å².